The molecular weight excluding hydrogens is 175 g/mol. The summed E-state index contributed by atoms with van der Waals surface area (Å²) in [6.07, 6.45) is -4.43. The summed E-state index contributed by atoms with van der Waals surface area (Å²) in [6, 6.07) is 0. The summed E-state index contributed by atoms with van der Waals surface area (Å²) < 4.78 is 32.5. The van der Waals surface area contributed by atoms with Crippen LogP contribution in [0.4, 0.5) is 13.2 Å². The number of halogens is 4. The van der Waals surface area contributed by atoms with Gasteiger partial charge >= 0.3 is 6.30 Å². The molecule has 0 fully saturated rings. The lowest BCUT2D eigenvalue weighted by Gasteiger charge is -1.91. The first kappa shape index (κ1) is 6.94. The zero-order valence-electron chi connectivity index (χ0n) is 3.04. The quantitative estimate of drug-likeness (QED) is 0.395. The molecule has 0 bridgehead atoms. The van der Waals surface area contributed by atoms with E-state index in [1.54, 1.807) is 0 Å². The van der Waals surface area contributed by atoms with Crippen LogP contribution < -0.4 is 0 Å². The van der Waals surface area contributed by atoms with Gasteiger partial charge in [0.2, 0.25) is 0 Å². The first-order valence-corrected chi connectivity index (χ1v) is 2.18. The molecule has 5 heteroatoms. The number of rotatable bonds is 0. The molecular formula is C2HBrF3N. The molecule has 0 spiro atoms. The Labute approximate surface area is 46.4 Å². The number of hydrogen-bond acceptors (Lipinski definition) is 1. The molecule has 0 radical (unpaired) electrons. The van der Waals surface area contributed by atoms with E-state index in [1.165, 1.54) is 0 Å². The van der Waals surface area contributed by atoms with Crippen molar-refractivity contribution in [2.24, 2.45) is 4.99 Å². The molecule has 1 nitrogen and oxygen atoms in total. The van der Waals surface area contributed by atoms with Gasteiger partial charge in [0.25, 0.3) is 0 Å². The minimum atomic E-state index is -4.43. The summed E-state index contributed by atoms with van der Waals surface area (Å²) in [4.78, 5) is 2.05. The highest BCUT2D eigenvalue weighted by molar-refractivity contribution is 9.17. The van der Waals surface area contributed by atoms with Crippen LogP contribution in [0.5, 0.6) is 0 Å². The van der Waals surface area contributed by atoms with Crippen molar-refractivity contribution >= 4 is 21.1 Å². The maximum Gasteiger partial charge on any atom is 0.503 e. The van der Waals surface area contributed by atoms with Gasteiger partial charge in [0, 0.05) is 0 Å². The van der Waals surface area contributed by atoms with Crippen molar-refractivity contribution in [1.29, 1.82) is 0 Å². The molecule has 0 aromatic rings. The lowest BCUT2D eigenvalue weighted by atomic mass is 11.2. The maximum absolute atomic E-state index is 10.8. The van der Waals surface area contributed by atoms with Gasteiger partial charge < -0.3 is 0 Å². The number of alkyl halides is 3. The predicted molar refractivity (Wildman–Crippen MR) is 23.5 cm³/mol. The van der Waals surface area contributed by atoms with Crippen molar-refractivity contribution < 1.29 is 13.2 Å². The second kappa shape index (κ2) is 2.30. The molecule has 7 heavy (non-hydrogen) atoms. The fraction of sp³-hybridized carbons (Fsp3) is 0.500. The molecule has 0 saturated heterocycles. The van der Waals surface area contributed by atoms with Crippen LogP contribution in [-0.2, 0) is 0 Å². The zero-order chi connectivity index (χ0) is 5.91. The molecule has 0 rings (SSSR count). The highest BCUT2D eigenvalue weighted by Crippen LogP contribution is 2.14. The molecule has 0 amide bonds. The van der Waals surface area contributed by atoms with E-state index >= 15 is 0 Å². The minimum absolute atomic E-state index is 0.521. The highest BCUT2D eigenvalue weighted by Gasteiger charge is 2.23. The SMILES string of the molecule is FC(F)(F)/N=C/Br. The highest BCUT2D eigenvalue weighted by atomic mass is 79.9. The predicted octanol–water partition coefficient (Wildman–Crippen LogP) is 1.93. The van der Waals surface area contributed by atoms with Gasteiger partial charge in [-0.25, -0.2) is 0 Å². The number of aliphatic imine (C=N–C) groups is 1. The Morgan fingerprint density at radius 3 is 1.86 bits per heavy atom. The van der Waals surface area contributed by atoms with Gasteiger partial charge in [0.1, 0.15) is 0 Å². The van der Waals surface area contributed by atoms with E-state index in [0.29, 0.717) is 5.12 Å². The second-order valence-electron chi connectivity index (χ2n) is 0.695. The van der Waals surface area contributed by atoms with Crippen LogP contribution in [0.15, 0.2) is 4.99 Å². The summed E-state index contributed by atoms with van der Waals surface area (Å²) in [5.41, 5.74) is 0. The third kappa shape index (κ3) is 5.94. The lowest BCUT2D eigenvalue weighted by molar-refractivity contribution is -0.118. The largest absolute Gasteiger partial charge is 0.503 e. The van der Waals surface area contributed by atoms with Crippen LogP contribution in [0.2, 0.25) is 0 Å². The summed E-state index contributed by atoms with van der Waals surface area (Å²) in [6.45, 7) is 0. The fourth-order valence-corrected chi connectivity index (χ4v) is 0.287. The zero-order valence-corrected chi connectivity index (χ0v) is 4.62. The van der Waals surface area contributed by atoms with Crippen molar-refractivity contribution in [3.8, 4) is 0 Å². The normalized spacial score (nSPS) is 13.1. The van der Waals surface area contributed by atoms with Crippen LogP contribution in [0, 0.1) is 0 Å². The van der Waals surface area contributed by atoms with Crippen LogP contribution in [0.1, 0.15) is 0 Å². The van der Waals surface area contributed by atoms with Gasteiger partial charge in [-0.05, 0) is 15.9 Å². The Hall–Kier alpha value is -0.0600. The lowest BCUT2D eigenvalue weighted by Crippen LogP contribution is -2.00. The average molecular weight is 176 g/mol. The molecule has 0 unspecified atom stereocenters. The molecule has 0 aliphatic rings. The Kier molecular flexibility index (Phi) is 2.28. The van der Waals surface area contributed by atoms with Gasteiger partial charge in [-0.3, -0.25) is 0 Å². The summed E-state index contributed by atoms with van der Waals surface area (Å²) in [5, 5.41) is 0.521. The molecule has 0 heterocycles. The summed E-state index contributed by atoms with van der Waals surface area (Å²) in [5.74, 6) is 0. The van der Waals surface area contributed by atoms with Crippen LogP contribution in [0.25, 0.3) is 0 Å². The Morgan fingerprint density at radius 1 is 1.43 bits per heavy atom. The van der Waals surface area contributed by atoms with Crippen molar-refractivity contribution in [3.63, 3.8) is 0 Å². The standard InChI is InChI=1S/C2HBrF3N/c3-1-7-2(4,5)6/h1H/b7-1+. The molecule has 0 aliphatic heterocycles. The number of nitrogens with zero attached hydrogens (tertiary/aromatic N) is 1. The fourth-order valence-electron chi connectivity index (χ4n) is 0.0553. The van der Waals surface area contributed by atoms with Crippen molar-refractivity contribution in [3.05, 3.63) is 0 Å². The Morgan fingerprint density at radius 2 is 1.86 bits per heavy atom. The molecule has 0 aliphatic carbocycles. The second-order valence-corrected chi connectivity index (χ2v) is 1.10. The Bertz CT molecular complexity index is 75.5. The van der Waals surface area contributed by atoms with Crippen molar-refractivity contribution in [2.75, 3.05) is 0 Å². The Balaban J connectivity index is 3.56. The van der Waals surface area contributed by atoms with Crippen LogP contribution >= 0.6 is 15.9 Å². The van der Waals surface area contributed by atoms with Crippen molar-refractivity contribution in [1.82, 2.24) is 0 Å². The average Bonchev–Trinajstić information content (AvgIpc) is 1.30. The molecule has 0 saturated carbocycles. The number of hydrogen-bond donors (Lipinski definition) is 0. The van der Waals surface area contributed by atoms with E-state index in [-0.39, 0.29) is 0 Å². The van der Waals surface area contributed by atoms with E-state index in [9.17, 15) is 13.2 Å². The summed E-state index contributed by atoms with van der Waals surface area (Å²) >= 11 is 2.37. The monoisotopic (exact) mass is 175 g/mol. The molecule has 42 valence electrons. The van der Waals surface area contributed by atoms with Gasteiger partial charge in [-0.15, -0.1) is 13.2 Å². The minimum Gasteiger partial charge on any atom is -0.185 e. The van der Waals surface area contributed by atoms with E-state index in [1.807, 2.05) is 4.99 Å². The van der Waals surface area contributed by atoms with Gasteiger partial charge in [0.15, 0.2) is 0 Å². The molecule has 0 N–H and O–H groups in total. The first-order valence-electron chi connectivity index (χ1n) is 1.27. The third-order valence-electron chi connectivity index (χ3n) is 0.195. The topological polar surface area (TPSA) is 12.4 Å². The first-order chi connectivity index (χ1) is 3.06. The van der Waals surface area contributed by atoms with E-state index < -0.39 is 6.30 Å². The maximum atomic E-state index is 10.8. The smallest absolute Gasteiger partial charge is 0.185 e. The van der Waals surface area contributed by atoms with Crippen LogP contribution in [0.3, 0.4) is 0 Å². The van der Waals surface area contributed by atoms with Gasteiger partial charge in [-0.2, -0.15) is 4.99 Å². The molecule has 0 aromatic heterocycles. The van der Waals surface area contributed by atoms with E-state index in [2.05, 4.69) is 15.9 Å². The van der Waals surface area contributed by atoms with Gasteiger partial charge in [0.05, 0.1) is 5.12 Å². The van der Waals surface area contributed by atoms with E-state index in [4.69, 9.17) is 0 Å². The van der Waals surface area contributed by atoms with E-state index in [0.717, 1.165) is 0 Å². The molecule has 0 aromatic carbocycles. The van der Waals surface area contributed by atoms with Crippen LogP contribution in [-0.4, -0.2) is 11.4 Å². The third-order valence-corrected chi connectivity index (χ3v) is 0.400. The molecule has 0 atom stereocenters. The summed E-state index contributed by atoms with van der Waals surface area (Å²) in [7, 11) is 0. The van der Waals surface area contributed by atoms with Gasteiger partial charge in [-0.1, -0.05) is 0 Å². The van der Waals surface area contributed by atoms with Crippen molar-refractivity contribution in [2.45, 2.75) is 6.30 Å².